The Morgan fingerprint density at radius 2 is 1.81 bits per heavy atom. The van der Waals surface area contributed by atoms with E-state index >= 15 is 0 Å². The number of nitrogens with zero attached hydrogens (tertiary/aromatic N) is 5. The van der Waals surface area contributed by atoms with Crippen molar-refractivity contribution >= 4 is 0 Å². The fourth-order valence-corrected chi connectivity index (χ4v) is 3.90. The predicted molar refractivity (Wildman–Crippen MR) is 90.6 cm³/mol. The molecule has 3 rings (SSSR count). The lowest BCUT2D eigenvalue weighted by Crippen LogP contribution is -2.37. The predicted octanol–water partition coefficient (Wildman–Crippen LogP) is 1.90. The normalized spacial score (nSPS) is 24.3. The molecular formula is C17H28F3N5O. The maximum atomic E-state index is 12.5. The SMILES string of the molecule is Cn1c(CN2CCC(O)CC2)nnc1C1CCCN(CCC(F)(F)F)C1. The Labute approximate surface area is 152 Å². The molecule has 6 nitrogen and oxygen atoms in total. The van der Waals surface area contributed by atoms with Gasteiger partial charge in [-0.05, 0) is 32.2 Å². The molecule has 148 valence electrons. The molecule has 1 atom stereocenters. The number of likely N-dealkylation sites (tertiary alicyclic amines) is 2. The molecule has 2 saturated heterocycles. The van der Waals surface area contributed by atoms with Gasteiger partial charge in [0.15, 0.2) is 0 Å². The second-order valence-electron chi connectivity index (χ2n) is 7.55. The van der Waals surface area contributed by atoms with E-state index in [9.17, 15) is 18.3 Å². The summed E-state index contributed by atoms with van der Waals surface area (Å²) in [7, 11) is 1.94. The third-order valence-corrected chi connectivity index (χ3v) is 5.50. The highest BCUT2D eigenvalue weighted by Gasteiger charge is 2.31. The number of hydrogen-bond acceptors (Lipinski definition) is 5. The number of hydrogen-bond donors (Lipinski definition) is 1. The number of rotatable bonds is 5. The molecule has 1 aromatic rings. The number of halogens is 3. The summed E-state index contributed by atoms with van der Waals surface area (Å²) in [5, 5.41) is 18.3. The van der Waals surface area contributed by atoms with Gasteiger partial charge < -0.3 is 14.6 Å². The van der Waals surface area contributed by atoms with Gasteiger partial charge >= 0.3 is 6.18 Å². The van der Waals surface area contributed by atoms with Crippen LogP contribution in [-0.2, 0) is 13.6 Å². The number of aromatic nitrogens is 3. The molecule has 2 fully saturated rings. The molecule has 1 unspecified atom stereocenters. The van der Waals surface area contributed by atoms with E-state index < -0.39 is 12.6 Å². The molecule has 0 radical (unpaired) electrons. The summed E-state index contributed by atoms with van der Waals surface area (Å²) in [5.74, 6) is 1.88. The van der Waals surface area contributed by atoms with Crippen LogP contribution in [0.25, 0.3) is 0 Å². The summed E-state index contributed by atoms with van der Waals surface area (Å²) in [6.07, 6.45) is -1.69. The number of aliphatic hydroxyl groups is 1. The van der Waals surface area contributed by atoms with Crippen LogP contribution in [0.5, 0.6) is 0 Å². The zero-order valence-corrected chi connectivity index (χ0v) is 15.3. The molecule has 26 heavy (non-hydrogen) atoms. The fraction of sp³-hybridized carbons (Fsp3) is 0.882. The van der Waals surface area contributed by atoms with Gasteiger partial charge in [0.05, 0.1) is 19.1 Å². The van der Waals surface area contributed by atoms with Gasteiger partial charge in [-0.15, -0.1) is 10.2 Å². The van der Waals surface area contributed by atoms with Crippen molar-refractivity contribution in [2.75, 3.05) is 32.7 Å². The molecule has 0 aliphatic carbocycles. The quantitative estimate of drug-likeness (QED) is 0.852. The van der Waals surface area contributed by atoms with Crippen molar-refractivity contribution in [1.29, 1.82) is 0 Å². The Morgan fingerprint density at radius 3 is 2.50 bits per heavy atom. The average Bonchev–Trinajstić information content (AvgIpc) is 2.95. The fourth-order valence-electron chi connectivity index (χ4n) is 3.90. The zero-order valence-electron chi connectivity index (χ0n) is 15.3. The Morgan fingerprint density at radius 1 is 1.08 bits per heavy atom. The highest BCUT2D eigenvalue weighted by molar-refractivity contribution is 5.04. The van der Waals surface area contributed by atoms with E-state index in [1.165, 1.54) is 0 Å². The lowest BCUT2D eigenvalue weighted by Gasteiger charge is -2.32. The van der Waals surface area contributed by atoms with Gasteiger partial charge in [-0.1, -0.05) is 0 Å². The van der Waals surface area contributed by atoms with Crippen molar-refractivity contribution in [1.82, 2.24) is 24.6 Å². The van der Waals surface area contributed by atoms with E-state index in [1.54, 1.807) is 0 Å². The molecule has 0 spiro atoms. The lowest BCUT2D eigenvalue weighted by molar-refractivity contribution is -0.138. The minimum Gasteiger partial charge on any atom is -0.393 e. The minimum absolute atomic E-state index is 0.0564. The third-order valence-electron chi connectivity index (χ3n) is 5.50. The first-order valence-electron chi connectivity index (χ1n) is 9.39. The van der Waals surface area contributed by atoms with Crippen molar-refractivity contribution in [2.45, 2.75) is 56.8 Å². The number of piperidine rings is 2. The van der Waals surface area contributed by atoms with Gasteiger partial charge in [-0.25, -0.2) is 0 Å². The average molecular weight is 375 g/mol. The zero-order chi connectivity index (χ0) is 18.7. The monoisotopic (exact) mass is 375 g/mol. The summed E-state index contributed by atoms with van der Waals surface area (Å²) in [6, 6.07) is 0. The van der Waals surface area contributed by atoms with Crippen LogP contribution in [-0.4, -0.2) is 74.7 Å². The van der Waals surface area contributed by atoms with Gasteiger partial charge in [0.25, 0.3) is 0 Å². The van der Waals surface area contributed by atoms with Crippen molar-refractivity contribution < 1.29 is 18.3 Å². The van der Waals surface area contributed by atoms with Gasteiger partial charge in [0, 0.05) is 39.1 Å². The van der Waals surface area contributed by atoms with E-state index in [4.69, 9.17) is 0 Å². The van der Waals surface area contributed by atoms with Crippen LogP contribution >= 0.6 is 0 Å². The van der Waals surface area contributed by atoms with Crippen LogP contribution in [0.1, 0.15) is 49.7 Å². The van der Waals surface area contributed by atoms with Crippen LogP contribution < -0.4 is 0 Å². The number of aliphatic hydroxyl groups excluding tert-OH is 1. The molecule has 3 heterocycles. The van der Waals surface area contributed by atoms with Gasteiger partial charge in [0.2, 0.25) is 0 Å². The van der Waals surface area contributed by atoms with E-state index in [0.717, 1.165) is 50.4 Å². The summed E-state index contributed by atoms with van der Waals surface area (Å²) < 4.78 is 39.4. The number of alkyl halides is 3. The Bertz CT molecular complexity index is 583. The molecule has 9 heteroatoms. The van der Waals surface area contributed by atoms with Crippen LogP contribution in [0.3, 0.4) is 0 Å². The second kappa shape index (κ2) is 8.22. The molecule has 0 amide bonds. The standard InChI is InChI=1S/C17H28F3N5O/c1-23-15(12-25-8-4-14(26)5-9-25)21-22-16(23)13-3-2-7-24(11-13)10-6-17(18,19)20/h13-14,26H,2-12H2,1H3. The summed E-state index contributed by atoms with van der Waals surface area (Å²) >= 11 is 0. The van der Waals surface area contributed by atoms with Crippen molar-refractivity contribution in [3.8, 4) is 0 Å². The highest BCUT2D eigenvalue weighted by atomic mass is 19.4. The Hall–Kier alpha value is -1.19. The van der Waals surface area contributed by atoms with E-state index in [2.05, 4.69) is 15.1 Å². The molecule has 2 aliphatic rings. The van der Waals surface area contributed by atoms with Crippen LogP contribution in [0.2, 0.25) is 0 Å². The molecule has 1 N–H and O–H groups in total. The topological polar surface area (TPSA) is 57.4 Å². The smallest absolute Gasteiger partial charge is 0.390 e. The van der Waals surface area contributed by atoms with E-state index in [0.29, 0.717) is 19.6 Å². The third kappa shape index (κ3) is 5.17. The highest BCUT2D eigenvalue weighted by Crippen LogP contribution is 2.28. The van der Waals surface area contributed by atoms with Crippen molar-refractivity contribution in [2.24, 2.45) is 7.05 Å². The molecule has 0 bridgehead atoms. The van der Waals surface area contributed by atoms with Crippen molar-refractivity contribution in [3.05, 3.63) is 11.6 Å². The molecule has 0 aromatic carbocycles. The van der Waals surface area contributed by atoms with Crippen LogP contribution in [0.15, 0.2) is 0 Å². The van der Waals surface area contributed by atoms with E-state index in [1.807, 2.05) is 16.5 Å². The van der Waals surface area contributed by atoms with Crippen LogP contribution in [0.4, 0.5) is 13.2 Å². The minimum atomic E-state index is -4.10. The first-order valence-corrected chi connectivity index (χ1v) is 9.39. The van der Waals surface area contributed by atoms with Gasteiger partial charge in [0.1, 0.15) is 11.6 Å². The van der Waals surface area contributed by atoms with Crippen molar-refractivity contribution in [3.63, 3.8) is 0 Å². The first kappa shape index (κ1) is 19.6. The lowest BCUT2D eigenvalue weighted by atomic mass is 9.97. The summed E-state index contributed by atoms with van der Waals surface area (Å²) in [4.78, 5) is 4.15. The Kier molecular flexibility index (Phi) is 6.19. The summed E-state index contributed by atoms with van der Waals surface area (Å²) in [5.41, 5.74) is 0. The maximum absolute atomic E-state index is 12.5. The van der Waals surface area contributed by atoms with Crippen LogP contribution in [0, 0.1) is 0 Å². The molecule has 2 aliphatic heterocycles. The van der Waals surface area contributed by atoms with E-state index in [-0.39, 0.29) is 18.6 Å². The van der Waals surface area contributed by atoms with Gasteiger partial charge in [-0.3, -0.25) is 4.90 Å². The molecule has 1 aromatic heterocycles. The largest absolute Gasteiger partial charge is 0.393 e. The molecular weight excluding hydrogens is 347 g/mol. The molecule has 0 saturated carbocycles. The Balaban J connectivity index is 1.58. The van der Waals surface area contributed by atoms with Gasteiger partial charge in [-0.2, -0.15) is 13.2 Å². The summed E-state index contributed by atoms with van der Waals surface area (Å²) in [6.45, 7) is 3.77. The second-order valence-corrected chi connectivity index (χ2v) is 7.55. The first-order chi connectivity index (χ1) is 12.3. The maximum Gasteiger partial charge on any atom is 0.390 e.